The monoisotopic (exact) mass is 483 g/mol. The van der Waals surface area contributed by atoms with E-state index in [0.717, 1.165) is 22.3 Å². The highest BCUT2D eigenvalue weighted by Crippen LogP contribution is 2.39. The summed E-state index contributed by atoms with van der Waals surface area (Å²) < 4.78 is 19.4. The van der Waals surface area contributed by atoms with Gasteiger partial charge in [-0.15, -0.1) is 0 Å². The minimum atomic E-state index is -0.891. The lowest BCUT2D eigenvalue weighted by molar-refractivity contribution is 0.0762. The number of phenolic OH excluding ortho intramolecular Hbond substituents is 1. The molecule has 1 fully saturated rings. The highest BCUT2D eigenvalue weighted by molar-refractivity contribution is 5.91. The van der Waals surface area contributed by atoms with Gasteiger partial charge in [0.1, 0.15) is 17.6 Å². The first-order valence-corrected chi connectivity index (χ1v) is 11.9. The van der Waals surface area contributed by atoms with Crippen LogP contribution in [-0.4, -0.2) is 28.5 Å². The van der Waals surface area contributed by atoms with E-state index in [1.807, 2.05) is 60.7 Å². The quantitative estimate of drug-likeness (QED) is 0.326. The second-order valence-electron chi connectivity index (χ2n) is 8.91. The number of aliphatic hydroxyl groups is 1. The van der Waals surface area contributed by atoms with Crippen LogP contribution in [0.25, 0.3) is 11.1 Å². The van der Waals surface area contributed by atoms with Gasteiger partial charge in [-0.3, -0.25) is 4.90 Å². The number of aliphatic hydroxyl groups excluding tert-OH is 1. The molecular weight excluding hydrogens is 457 g/mol. The number of aryl methyl sites for hydroxylation is 1. The van der Waals surface area contributed by atoms with Gasteiger partial charge in [0.2, 0.25) is 0 Å². The molecule has 1 saturated heterocycles. The van der Waals surface area contributed by atoms with Gasteiger partial charge in [0.15, 0.2) is 6.10 Å². The predicted molar refractivity (Wildman–Crippen MR) is 136 cm³/mol. The number of cyclic esters (lactones) is 1. The number of carbonyl (C=O) groups is 1. The Kier molecular flexibility index (Phi) is 6.69. The van der Waals surface area contributed by atoms with Crippen LogP contribution in [0, 0.1) is 5.82 Å². The molecule has 1 unspecified atom stereocenters. The van der Waals surface area contributed by atoms with Crippen molar-refractivity contribution in [1.29, 1.82) is 0 Å². The Morgan fingerprint density at radius 1 is 0.861 bits per heavy atom. The molecule has 1 aliphatic rings. The molecule has 5 nitrogen and oxygen atoms in total. The topological polar surface area (TPSA) is 70.0 Å². The second-order valence-corrected chi connectivity index (χ2v) is 8.91. The summed E-state index contributed by atoms with van der Waals surface area (Å²) in [5.41, 5.74) is 4.04. The van der Waals surface area contributed by atoms with E-state index in [1.54, 1.807) is 18.2 Å². The maximum absolute atomic E-state index is 13.6. The van der Waals surface area contributed by atoms with Gasteiger partial charge in [-0.05, 0) is 71.5 Å². The number of carbonyl (C=O) groups excluding carboxylic acids is 1. The summed E-state index contributed by atoms with van der Waals surface area (Å²) in [6.07, 6.45) is -1.15. The molecule has 0 radical (unpaired) electrons. The smallest absolute Gasteiger partial charge is 0.415 e. The molecule has 1 heterocycles. The first-order valence-electron chi connectivity index (χ1n) is 11.9. The van der Waals surface area contributed by atoms with Crippen molar-refractivity contribution < 1.29 is 24.1 Å². The van der Waals surface area contributed by atoms with Crippen LogP contribution in [0.2, 0.25) is 0 Å². The number of aromatic hydroxyl groups is 1. The average Bonchev–Trinajstić information content (AvgIpc) is 3.25. The summed E-state index contributed by atoms with van der Waals surface area (Å²) in [5, 5.41) is 21.1. The summed E-state index contributed by atoms with van der Waals surface area (Å²) in [6, 6.07) is 29.2. The fourth-order valence-electron chi connectivity index (χ4n) is 4.69. The number of benzene rings is 4. The van der Waals surface area contributed by atoms with Crippen LogP contribution in [0.5, 0.6) is 5.75 Å². The Bertz CT molecular complexity index is 1330. The minimum Gasteiger partial charge on any atom is -0.508 e. The van der Waals surface area contributed by atoms with Gasteiger partial charge in [-0.25, -0.2) is 9.18 Å². The number of amides is 1. The van der Waals surface area contributed by atoms with Gasteiger partial charge in [0.25, 0.3) is 0 Å². The van der Waals surface area contributed by atoms with Crippen molar-refractivity contribution in [3.8, 4) is 16.9 Å². The van der Waals surface area contributed by atoms with Crippen LogP contribution in [0.15, 0.2) is 103 Å². The highest BCUT2D eigenvalue weighted by atomic mass is 19.1. The third-order valence-electron chi connectivity index (χ3n) is 6.52. The minimum absolute atomic E-state index is 0.179. The zero-order valence-electron chi connectivity index (χ0n) is 19.5. The van der Waals surface area contributed by atoms with E-state index in [9.17, 15) is 19.4 Å². The molecule has 36 heavy (non-hydrogen) atoms. The number of ether oxygens (including phenoxy) is 1. The molecule has 1 amide bonds. The number of hydrogen-bond donors (Lipinski definition) is 2. The summed E-state index contributed by atoms with van der Waals surface area (Å²) in [6.45, 7) is 0. The van der Waals surface area contributed by atoms with Gasteiger partial charge in [0, 0.05) is 5.69 Å². The zero-order chi connectivity index (χ0) is 25.1. The molecule has 0 aromatic heterocycles. The number of anilines is 1. The Labute approximate surface area is 209 Å². The van der Waals surface area contributed by atoms with Crippen molar-refractivity contribution in [3.63, 3.8) is 0 Å². The average molecular weight is 484 g/mol. The first kappa shape index (κ1) is 23.6. The second kappa shape index (κ2) is 10.2. The molecule has 1 aliphatic heterocycles. The van der Waals surface area contributed by atoms with Gasteiger partial charge in [-0.1, -0.05) is 66.7 Å². The number of rotatable bonds is 7. The number of phenols is 1. The van der Waals surface area contributed by atoms with E-state index in [1.165, 1.54) is 29.2 Å². The van der Waals surface area contributed by atoms with Crippen LogP contribution >= 0.6 is 0 Å². The highest BCUT2D eigenvalue weighted by Gasteiger charge is 2.47. The van der Waals surface area contributed by atoms with E-state index >= 15 is 0 Å². The van der Waals surface area contributed by atoms with Crippen molar-refractivity contribution in [2.75, 3.05) is 4.90 Å². The lowest BCUT2D eigenvalue weighted by Gasteiger charge is -2.29. The van der Waals surface area contributed by atoms with E-state index < -0.39 is 30.2 Å². The fourth-order valence-corrected chi connectivity index (χ4v) is 4.69. The Hall–Kier alpha value is -4.16. The zero-order valence-corrected chi connectivity index (χ0v) is 19.5. The van der Waals surface area contributed by atoms with Crippen LogP contribution in [-0.2, 0) is 11.2 Å². The molecule has 0 aliphatic carbocycles. The number of nitrogens with zero attached hydrogens (tertiary/aromatic N) is 1. The standard InChI is InChI=1S/C30H26FNO4/c31-24-14-16-25(17-15-24)32-28(27(34)18-9-20-5-2-1-3-6-20)29(36-30(32)35)22-12-10-21(11-13-22)23-7-4-8-26(33)19-23/h1-8,10-17,19,27-29,33-34H,9,18H2/t27?,28-,29+/m1/s1. The molecule has 3 atom stereocenters. The van der Waals surface area contributed by atoms with E-state index in [-0.39, 0.29) is 5.75 Å². The molecular formula is C30H26FNO4. The van der Waals surface area contributed by atoms with Gasteiger partial charge >= 0.3 is 6.09 Å². The molecule has 4 aromatic rings. The van der Waals surface area contributed by atoms with Crippen molar-refractivity contribution in [1.82, 2.24) is 0 Å². The normalized spacial score (nSPS) is 18.2. The van der Waals surface area contributed by atoms with E-state index in [4.69, 9.17) is 4.74 Å². The molecule has 0 saturated carbocycles. The summed E-state index contributed by atoms with van der Waals surface area (Å²) in [4.78, 5) is 14.4. The van der Waals surface area contributed by atoms with Crippen LogP contribution in [0.3, 0.4) is 0 Å². The largest absolute Gasteiger partial charge is 0.508 e. The molecule has 5 rings (SSSR count). The van der Waals surface area contributed by atoms with Crippen LogP contribution in [0.4, 0.5) is 14.9 Å². The summed E-state index contributed by atoms with van der Waals surface area (Å²) >= 11 is 0. The van der Waals surface area contributed by atoms with Crippen molar-refractivity contribution >= 4 is 11.8 Å². The summed E-state index contributed by atoms with van der Waals surface area (Å²) in [7, 11) is 0. The molecule has 6 heteroatoms. The molecule has 4 aromatic carbocycles. The lowest BCUT2D eigenvalue weighted by atomic mass is 9.92. The summed E-state index contributed by atoms with van der Waals surface area (Å²) in [5.74, 6) is -0.232. The van der Waals surface area contributed by atoms with E-state index in [0.29, 0.717) is 18.5 Å². The number of hydrogen-bond acceptors (Lipinski definition) is 4. The SMILES string of the molecule is O=C1O[C@@H](c2ccc(-c3cccc(O)c3)cc2)[C@@H](C(O)CCc2ccccc2)N1c1ccc(F)cc1. The lowest BCUT2D eigenvalue weighted by Crippen LogP contribution is -2.43. The molecule has 0 bridgehead atoms. The Morgan fingerprint density at radius 3 is 2.28 bits per heavy atom. The predicted octanol–water partition coefficient (Wildman–Crippen LogP) is 6.26. The maximum Gasteiger partial charge on any atom is 0.415 e. The maximum atomic E-state index is 13.6. The van der Waals surface area contributed by atoms with Gasteiger partial charge in [0.05, 0.1) is 6.10 Å². The van der Waals surface area contributed by atoms with Gasteiger partial charge < -0.3 is 14.9 Å². The van der Waals surface area contributed by atoms with Crippen LogP contribution in [0.1, 0.15) is 23.7 Å². The molecule has 2 N–H and O–H groups in total. The number of halogens is 1. The van der Waals surface area contributed by atoms with E-state index in [2.05, 4.69) is 0 Å². The Balaban J connectivity index is 1.45. The third-order valence-corrected chi connectivity index (χ3v) is 6.52. The van der Waals surface area contributed by atoms with Crippen molar-refractivity contribution in [3.05, 3.63) is 120 Å². The van der Waals surface area contributed by atoms with Gasteiger partial charge in [-0.2, -0.15) is 0 Å². The van der Waals surface area contributed by atoms with Crippen molar-refractivity contribution in [2.24, 2.45) is 0 Å². The molecule has 0 spiro atoms. The van der Waals surface area contributed by atoms with Crippen molar-refractivity contribution in [2.45, 2.75) is 31.1 Å². The third kappa shape index (κ3) is 4.95. The van der Waals surface area contributed by atoms with Crippen LogP contribution < -0.4 is 4.90 Å². The fraction of sp³-hybridized carbons (Fsp3) is 0.167. The Morgan fingerprint density at radius 2 is 1.58 bits per heavy atom. The molecule has 182 valence electrons. The first-order chi connectivity index (χ1) is 17.5.